The Bertz CT molecular complexity index is 190. The van der Waals surface area contributed by atoms with Crippen molar-refractivity contribution < 1.29 is 0 Å². The predicted octanol–water partition coefficient (Wildman–Crippen LogP) is 5.54. The highest BCUT2D eigenvalue weighted by atomic mass is 14.9. The normalized spacial score (nSPS) is 18.9. The topological polar surface area (TPSA) is 12.0 Å². The Morgan fingerprint density at radius 1 is 0.895 bits per heavy atom. The van der Waals surface area contributed by atoms with Gasteiger partial charge in [0.1, 0.15) is 0 Å². The van der Waals surface area contributed by atoms with Crippen molar-refractivity contribution in [1.82, 2.24) is 5.32 Å². The van der Waals surface area contributed by atoms with Crippen LogP contribution in [0.3, 0.4) is 0 Å². The summed E-state index contributed by atoms with van der Waals surface area (Å²) in [5.41, 5.74) is 0. The second-order valence-corrected chi connectivity index (χ2v) is 6.64. The Balaban J connectivity index is 2.50. The summed E-state index contributed by atoms with van der Waals surface area (Å²) in [5, 5.41) is 3.89. The molecule has 1 heteroatoms. The Hall–Kier alpha value is -0.0400. The van der Waals surface area contributed by atoms with Gasteiger partial charge in [-0.1, -0.05) is 65.7 Å². The quantitative estimate of drug-likeness (QED) is 0.548. The van der Waals surface area contributed by atoms with Crippen LogP contribution in [0, 0.1) is 11.8 Å². The molecule has 1 rings (SSSR count). The van der Waals surface area contributed by atoms with Crippen LogP contribution in [-0.4, -0.2) is 12.6 Å². The summed E-state index contributed by atoms with van der Waals surface area (Å²) < 4.78 is 0. The first-order valence-corrected chi connectivity index (χ1v) is 9.05. The average molecular weight is 268 g/mol. The molecule has 1 saturated carbocycles. The van der Waals surface area contributed by atoms with Crippen LogP contribution in [-0.2, 0) is 0 Å². The molecule has 0 aromatic rings. The van der Waals surface area contributed by atoms with Crippen LogP contribution < -0.4 is 5.32 Å². The largest absolute Gasteiger partial charge is 0.314 e. The molecule has 0 aliphatic heterocycles. The fraction of sp³-hybridized carbons (Fsp3) is 1.00. The number of hydrogen-bond donors (Lipinski definition) is 1. The summed E-state index contributed by atoms with van der Waals surface area (Å²) in [6.45, 7) is 8.20. The molecule has 114 valence electrons. The van der Waals surface area contributed by atoms with Gasteiger partial charge in [0.15, 0.2) is 0 Å². The van der Waals surface area contributed by atoms with Crippen LogP contribution >= 0.6 is 0 Å². The molecular weight excluding hydrogens is 230 g/mol. The van der Waals surface area contributed by atoms with Crippen LogP contribution in [0.2, 0.25) is 0 Å². The van der Waals surface area contributed by atoms with Gasteiger partial charge in [-0.15, -0.1) is 0 Å². The van der Waals surface area contributed by atoms with Gasteiger partial charge in [0.05, 0.1) is 0 Å². The van der Waals surface area contributed by atoms with E-state index in [1.54, 1.807) is 0 Å². The van der Waals surface area contributed by atoms with E-state index in [0.29, 0.717) is 0 Å². The zero-order chi connectivity index (χ0) is 13.9. The van der Waals surface area contributed by atoms with E-state index in [2.05, 4.69) is 26.1 Å². The minimum Gasteiger partial charge on any atom is -0.314 e. The highest BCUT2D eigenvalue weighted by Gasteiger charge is 2.24. The number of rotatable bonds is 10. The maximum absolute atomic E-state index is 3.89. The summed E-state index contributed by atoms with van der Waals surface area (Å²) in [6.07, 6.45) is 15.7. The van der Waals surface area contributed by atoms with Crippen LogP contribution in [0.5, 0.6) is 0 Å². The lowest BCUT2D eigenvalue weighted by Crippen LogP contribution is -2.38. The smallest absolute Gasteiger partial charge is 0.00979 e. The van der Waals surface area contributed by atoms with E-state index in [1.807, 2.05) is 0 Å². The Morgan fingerprint density at radius 2 is 1.53 bits per heavy atom. The van der Waals surface area contributed by atoms with Crippen molar-refractivity contribution in [2.24, 2.45) is 11.8 Å². The van der Waals surface area contributed by atoms with E-state index in [0.717, 1.165) is 17.9 Å². The summed E-state index contributed by atoms with van der Waals surface area (Å²) in [7, 11) is 0. The van der Waals surface area contributed by atoms with Crippen molar-refractivity contribution in [3.8, 4) is 0 Å². The molecule has 0 aromatic heterocycles. The summed E-state index contributed by atoms with van der Waals surface area (Å²) in [5.74, 6) is 1.93. The van der Waals surface area contributed by atoms with E-state index in [9.17, 15) is 0 Å². The third-order valence-corrected chi connectivity index (χ3v) is 4.86. The van der Waals surface area contributed by atoms with E-state index in [1.165, 1.54) is 77.2 Å². The first-order chi connectivity index (χ1) is 9.31. The lowest BCUT2D eigenvalue weighted by atomic mass is 9.79. The van der Waals surface area contributed by atoms with Crippen LogP contribution in [0.25, 0.3) is 0 Å². The van der Waals surface area contributed by atoms with Crippen LogP contribution in [0.1, 0.15) is 91.4 Å². The van der Waals surface area contributed by atoms with Gasteiger partial charge in [-0.05, 0) is 44.1 Å². The zero-order valence-electron chi connectivity index (χ0n) is 13.7. The standard InChI is InChI=1S/C18H37N/c1-4-10-17(11-5-2)18(19-14-6-3)15-16-12-8-7-9-13-16/h16-19H,4-15H2,1-3H3. The SMILES string of the molecule is CCCNC(CC1CCCCC1)C(CCC)CCC. The number of nitrogens with one attached hydrogen (secondary N) is 1. The minimum atomic E-state index is 0.794. The summed E-state index contributed by atoms with van der Waals surface area (Å²) in [6, 6.07) is 0.794. The second kappa shape index (κ2) is 10.7. The molecule has 1 N–H and O–H groups in total. The Morgan fingerprint density at radius 3 is 2.05 bits per heavy atom. The molecule has 19 heavy (non-hydrogen) atoms. The lowest BCUT2D eigenvalue weighted by molar-refractivity contribution is 0.232. The van der Waals surface area contributed by atoms with Crippen molar-refractivity contribution in [1.29, 1.82) is 0 Å². The maximum Gasteiger partial charge on any atom is 0.00979 e. The van der Waals surface area contributed by atoms with Gasteiger partial charge in [-0.2, -0.15) is 0 Å². The maximum atomic E-state index is 3.89. The molecule has 0 aromatic carbocycles. The van der Waals surface area contributed by atoms with E-state index < -0.39 is 0 Å². The molecule has 1 fully saturated rings. The van der Waals surface area contributed by atoms with Crippen molar-refractivity contribution >= 4 is 0 Å². The zero-order valence-corrected chi connectivity index (χ0v) is 13.7. The third kappa shape index (κ3) is 6.79. The van der Waals surface area contributed by atoms with E-state index in [4.69, 9.17) is 0 Å². The fourth-order valence-corrected chi connectivity index (χ4v) is 3.84. The molecule has 0 bridgehead atoms. The van der Waals surface area contributed by atoms with Gasteiger partial charge in [-0.3, -0.25) is 0 Å². The molecule has 1 aliphatic carbocycles. The molecule has 1 atom stereocenters. The molecule has 1 aliphatic rings. The Kier molecular flexibility index (Phi) is 9.59. The second-order valence-electron chi connectivity index (χ2n) is 6.64. The summed E-state index contributed by atoms with van der Waals surface area (Å²) >= 11 is 0. The predicted molar refractivity (Wildman–Crippen MR) is 86.6 cm³/mol. The van der Waals surface area contributed by atoms with Crippen molar-refractivity contribution in [3.05, 3.63) is 0 Å². The molecule has 1 nitrogen and oxygen atoms in total. The van der Waals surface area contributed by atoms with Gasteiger partial charge in [-0.25, -0.2) is 0 Å². The molecule has 0 spiro atoms. The van der Waals surface area contributed by atoms with Gasteiger partial charge in [0.25, 0.3) is 0 Å². The third-order valence-electron chi connectivity index (χ3n) is 4.86. The molecule has 0 radical (unpaired) electrons. The number of hydrogen-bond acceptors (Lipinski definition) is 1. The monoisotopic (exact) mass is 267 g/mol. The van der Waals surface area contributed by atoms with Crippen LogP contribution in [0.4, 0.5) is 0 Å². The minimum absolute atomic E-state index is 0.794. The molecule has 0 heterocycles. The molecule has 0 amide bonds. The van der Waals surface area contributed by atoms with Gasteiger partial charge in [0, 0.05) is 6.04 Å². The van der Waals surface area contributed by atoms with Gasteiger partial charge >= 0.3 is 0 Å². The molecule has 0 saturated heterocycles. The van der Waals surface area contributed by atoms with Gasteiger partial charge in [0.2, 0.25) is 0 Å². The molecule has 1 unspecified atom stereocenters. The summed E-state index contributed by atoms with van der Waals surface area (Å²) in [4.78, 5) is 0. The first kappa shape index (κ1) is 17.0. The van der Waals surface area contributed by atoms with Crippen LogP contribution in [0.15, 0.2) is 0 Å². The van der Waals surface area contributed by atoms with Crippen molar-refractivity contribution in [3.63, 3.8) is 0 Å². The van der Waals surface area contributed by atoms with E-state index in [-0.39, 0.29) is 0 Å². The van der Waals surface area contributed by atoms with Gasteiger partial charge < -0.3 is 5.32 Å². The fourth-order valence-electron chi connectivity index (χ4n) is 3.84. The van der Waals surface area contributed by atoms with E-state index >= 15 is 0 Å². The first-order valence-electron chi connectivity index (χ1n) is 9.05. The average Bonchev–Trinajstić information content (AvgIpc) is 2.44. The van der Waals surface area contributed by atoms with Crippen molar-refractivity contribution in [2.45, 2.75) is 97.4 Å². The lowest BCUT2D eigenvalue weighted by Gasteiger charge is -2.32. The van der Waals surface area contributed by atoms with Crippen molar-refractivity contribution in [2.75, 3.05) is 6.54 Å². The molecular formula is C18H37N. The highest BCUT2D eigenvalue weighted by Crippen LogP contribution is 2.31. The Labute approximate surface area is 121 Å². The highest BCUT2D eigenvalue weighted by molar-refractivity contribution is 4.80.